The molecule has 0 spiro atoms. The summed E-state index contributed by atoms with van der Waals surface area (Å²) in [5.74, 6) is 0. The predicted molar refractivity (Wildman–Crippen MR) is 62.1 cm³/mol. The van der Waals surface area contributed by atoms with Gasteiger partial charge in [-0.1, -0.05) is 28.1 Å². The fourth-order valence-electron chi connectivity index (χ4n) is 0.789. The van der Waals surface area contributed by atoms with Crippen LogP contribution in [-0.4, -0.2) is 4.99 Å². The second-order valence-corrected chi connectivity index (χ2v) is 4.42. The Balaban J connectivity index is 3.37. The quantitative estimate of drug-likeness (QED) is 0.619. The van der Waals surface area contributed by atoms with Gasteiger partial charge in [-0.05, 0) is 28.1 Å². The highest BCUT2D eigenvalue weighted by Crippen LogP contribution is 2.27. The van der Waals surface area contributed by atoms with Crippen LogP contribution in [0.15, 0.2) is 21.1 Å². The molecule has 0 atom stereocenters. The third-order valence-corrected chi connectivity index (χ3v) is 2.69. The molecule has 5 heteroatoms. The number of rotatable bonds is 1. The highest BCUT2D eigenvalue weighted by molar-refractivity contribution is 9.11. The summed E-state index contributed by atoms with van der Waals surface area (Å²) < 4.78 is 1.69. The zero-order valence-electron chi connectivity index (χ0n) is 5.97. The first-order chi connectivity index (χ1) is 5.52. The van der Waals surface area contributed by atoms with Crippen molar-refractivity contribution >= 4 is 54.8 Å². The fraction of sp³-hybridized carbons (Fsp3) is 0. The number of benzene rings is 1. The number of nitrogens with two attached hydrogens (primary N) is 2. The lowest BCUT2D eigenvalue weighted by molar-refractivity contribution is 1.54. The Morgan fingerprint density at radius 3 is 2.42 bits per heavy atom. The second-order valence-electron chi connectivity index (χ2n) is 2.21. The van der Waals surface area contributed by atoms with Gasteiger partial charge in [-0.25, -0.2) is 0 Å². The maximum Gasteiger partial charge on any atom is 0.106 e. The summed E-state index contributed by atoms with van der Waals surface area (Å²) in [4.78, 5) is 0.300. The third-order valence-electron chi connectivity index (χ3n) is 1.36. The van der Waals surface area contributed by atoms with E-state index in [4.69, 9.17) is 23.7 Å². The number of hydrogen-bond donors (Lipinski definition) is 2. The summed E-state index contributed by atoms with van der Waals surface area (Å²) in [6.07, 6.45) is 0. The standard InChI is InChI=1S/C7H6Br2N2S/c8-3-1-4(7(11)12)6(10)5(9)2-3/h1-2H,10H2,(H2,11,12). The molecule has 0 heterocycles. The van der Waals surface area contributed by atoms with Gasteiger partial charge in [0.2, 0.25) is 0 Å². The minimum atomic E-state index is 0.300. The molecular weight excluding hydrogens is 304 g/mol. The van der Waals surface area contributed by atoms with Gasteiger partial charge in [0.25, 0.3) is 0 Å². The molecule has 0 radical (unpaired) electrons. The molecule has 0 amide bonds. The minimum absolute atomic E-state index is 0.300. The van der Waals surface area contributed by atoms with Gasteiger partial charge < -0.3 is 11.5 Å². The monoisotopic (exact) mass is 308 g/mol. The smallest absolute Gasteiger partial charge is 0.106 e. The normalized spacial score (nSPS) is 9.83. The Bertz CT molecular complexity index is 338. The Morgan fingerprint density at radius 2 is 1.92 bits per heavy atom. The van der Waals surface area contributed by atoms with Crippen molar-refractivity contribution in [2.75, 3.05) is 5.73 Å². The van der Waals surface area contributed by atoms with Gasteiger partial charge >= 0.3 is 0 Å². The Morgan fingerprint density at radius 1 is 1.33 bits per heavy atom. The molecule has 0 fully saturated rings. The molecule has 0 aromatic heterocycles. The molecule has 1 rings (SSSR count). The Kier molecular flexibility index (Phi) is 3.09. The molecule has 2 nitrogen and oxygen atoms in total. The third kappa shape index (κ3) is 1.97. The summed E-state index contributed by atoms with van der Waals surface area (Å²) in [7, 11) is 0. The first kappa shape index (κ1) is 9.95. The average Bonchev–Trinajstić information content (AvgIpc) is 1.96. The van der Waals surface area contributed by atoms with Crippen LogP contribution in [0.1, 0.15) is 5.56 Å². The van der Waals surface area contributed by atoms with Crippen LogP contribution in [0.2, 0.25) is 0 Å². The van der Waals surface area contributed by atoms with Crippen LogP contribution < -0.4 is 11.5 Å². The van der Waals surface area contributed by atoms with E-state index in [-0.39, 0.29) is 0 Å². The van der Waals surface area contributed by atoms with Gasteiger partial charge in [0, 0.05) is 14.5 Å². The highest BCUT2D eigenvalue weighted by atomic mass is 79.9. The van der Waals surface area contributed by atoms with Gasteiger partial charge in [-0.2, -0.15) is 0 Å². The maximum atomic E-state index is 5.72. The van der Waals surface area contributed by atoms with E-state index in [1.807, 2.05) is 6.07 Å². The van der Waals surface area contributed by atoms with Crippen LogP contribution in [0.25, 0.3) is 0 Å². The van der Waals surface area contributed by atoms with Crippen LogP contribution in [0.5, 0.6) is 0 Å². The van der Waals surface area contributed by atoms with Crippen molar-refractivity contribution in [3.8, 4) is 0 Å². The number of hydrogen-bond acceptors (Lipinski definition) is 2. The lowest BCUT2D eigenvalue weighted by Gasteiger charge is -2.06. The lowest BCUT2D eigenvalue weighted by atomic mass is 10.2. The summed E-state index contributed by atoms with van der Waals surface area (Å²) in [5, 5.41) is 0. The van der Waals surface area contributed by atoms with E-state index < -0.39 is 0 Å². The van der Waals surface area contributed by atoms with Crippen LogP contribution in [0.3, 0.4) is 0 Å². The lowest BCUT2D eigenvalue weighted by Crippen LogP contribution is -2.12. The number of anilines is 1. The zero-order chi connectivity index (χ0) is 9.30. The van der Waals surface area contributed by atoms with Crippen molar-refractivity contribution in [2.24, 2.45) is 5.73 Å². The molecule has 0 aliphatic carbocycles. The molecule has 0 bridgehead atoms. The summed E-state index contributed by atoms with van der Waals surface area (Å²) in [5.41, 5.74) is 12.4. The van der Waals surface area contributed by atoms with Crippen molar-refractivity contribution in [3.63, 3.8) is 0 Å². The minimum Gasteiger partial charge on any atom is -0.397 e. The van der Waals surface area contributed by atoms with Gasteiger partial charge in [0.1, 0.15) is 4.99 Å². The molecule has 0 unspecified atom stereocenters. The van der Waals surface area contributed by atoms with Crippen LogP contribution >= 0.6 is 44.1 Å². The van der Waals surface area contributed by atoms with E-state index in [0.29, 0.717) is 16.2 Å². The highest BCUT2D eigenvalue weighted by Gasteiger charge is 2.06. The topological polar surface area (TPSA) is 52.0 Å². The average molecular weight is 310 g/mol. The first-order valence-corrected chi connectivity index (χ1v) is 5.06. The van der Waals surface area contributed by atoms with E-state index in [0.717, 1.165) is 8.95 Å². The molecule has 4 N–H and O–H groups in total. The maximum absolute atomic E-state index is 5.72. The van der Waals surface area contributed by atoms with E-state index in [1.54, 1.807) is 6.07 Å². The van der Waals surface area contributed by atoms with E-state index in [1.165, 1.54) is 0 Å². The molecule has 12 heavy (non-hydrogen) atoms. The Labute approximate surface area is 92.6 Å². The summed E-state index contributed by atoms with van der Waals surface area (Å²) >= 11 is 11.4. The second kappa shape index (κ2) is 3.72. The molecule has 0 aliphatic rings. The zero-order valence-corrected chi connectivity index (χ0v) is 9.96. The van der Waals surface area contributed by atoms with Crippen LogP contribution in [-0.2, 0) is 0 Å². The number of nitrogen functional groups attached to an aromatic ring is 1. The Hall–Kier alpha value is -0.130. The molecule has 0 saturated carbocycles. The number of thiocarbonyl (C=S) groups is 1. The van der Waals surface area contributed by atoms with Crippen LogP contribution in [0.4, 0.5) is 5.69 Å². The van der Waals surface area contributed by atoms with Crippen molar-refractivity contribution < 1.29 is 0 Å². The SMILES string of the molecule is NC(=S)c1cc(Br)cc(Br)c1N. The molecule has 0 saturated heterocycles. The van der Waals surface area contributed by atoms with Crippen molar-refractivity contribution in [1.29, 1.82) is 0 Å². The molecule has 0 aliphatic heterocycles. The largest absolute Gasteiger partial charge is 0.397 e. The molecular formula is C7H6Br2N2S. The van der Waals surface area contributed by atoms with E-state index in [2.05, 4.69) is 31.9 Å². The van der Waals surface area contributed by atoms with Gasteiger partial charge in [-0.3, -0.25) is 0 Å². The molecule has 64 valence electrons. The fourth-order valence-corrected chi connectivity index (χ4v) is 2.18. The molecule has 1 aromatic carbocycles. The van der Waals surface area contributed by atoms with Crippen LogP contribution in [0, 0.1) is 0 Å². The van der Waals surface area contributed by atoms with E-state index >= 15 is 0 Å². The van der Waals surface area contributed by atoms with Gasteiger partial charge in [0.15, 0.2) is 0 Å². The predicted octanol–water partition coefficient (Wildman–Crippen LogP) is 2.43. The first-order valence-electron chi connectivity index (χ1n) is 3.06. The van der Waals surface area contributed by atoms with E-state index in [9.17, 15) is 0 Å². The molecule has 1 aromatic rings. The summed E-state index contributed by atoms with van der Waals surface area (Å²) in [6, 6.07) is 3.64. The van der Waals surface area contributed by atoms with Gasteiger partial charge in [0.05, 0.1) is 5.69 Å². The van der Waals surface area contributed by atoms with Gasteiger partial charge in [-0.15, -0.1) is 0 Å². The van der Waals surface area contributed by atoms with Crippen molar-refractivity contribution in [1.82, 2.24) is 0 Å². The van der Waals surface area contributed by atoms with Crippen molar-refractivity contribution in [3.05, 3.63) is 26.6 Å². The van der Waals surface area contributed by atoms with Crippen molar-refractivity contribution in [2.45, 2.75) is 0 Å². The number of halogens is 2. The summed E-state index contributed by atoms with van der Waals surface area (Å²) in [6.45, 7) is 0.